The molecule has 0 spiro atoms. The van der Waals surface area contributed by atoms with E-state index in [1.165, 1.54) is 0 Å². The number of aliphatic hydroxyl groups excluding tert-OH is 1. The molecule has 38 heavy (non-hydrogen) atoms. The zero-order valence-electron chi connectivity index (χ0n) is 20.5. The number of ether oxygens (including phenoxy) is 2. The van der Waals surface area contributed by atoms with E-state index in [9.17, 15) is 18.4 Å². The lowest BCUT2D eigenvalue weighted by Crippen LogP contribution is -2.50. The summed E-state index contributed by atoms with van der Waals surface area (Å²) in [7, 11) is 0. The maximum atomic E-state index is 13.0. The SMILES string of the molecule is C.CC(C)(N)C(=O)N[C@H](COCc1ccccc1)c1nnc2cc(COC(=O)NCC(F)(F)CO)ccn12. The molecule has 208 valence electrons. The zero-order chi connectivity index (χ0) is 27.1. The van der Waals surface area contributed by atoms with Gasteiger partial charge in [0.15, 0.2) is 11.5 Å². The molecule has 0 unspecified atom stereocenters. The van der Waals surface area contributed by atoms with E-state index in [0.29, 0.717) is 23.6 Å². The van der Waals surface area contributed by atoms with Crippen LogP contribution >= 0.6 is 0 Å². The van der Waals surface area contributed by atoms with Crippen molar-refractivity contribution in [1.82, 2.24) is 25.2 Å². The molecule has 5 N–H and O–H groups in total. The first-order valence-corrected chi connectivity index (χ1v) is 11.4. The summed E-state index contributed by atoms with van der Waals surface area (Å²) in [6.45, 7) is 0.940. The monoisotopic (exact) mass is 536 g/mol. The van der Waals surface area contributed by atoms with Crippen molar-refractivity contribution in [3.63, 3.8) is 0 Å². The molecule has 2 aromatic heterocycles. The molecule has 0 saturated carbocycles. The van der Waals surface area contributed by atoms with Crippen LogP contribution in [0.2, 0.25) is 0 Å². The third kappa shape index (κ3) is 8.71. The number of nitrogens with two attached hydrogens (primary N) is 1. The van der Waals surface area contributed by atoms with Crippen LogP contribution in [0.15, 0.2) is 48.7 Å². The Morgan fingerprint density at radius 1 is 1.13 bits per heavy atom. The van der Waals surface area contributed by atoms with Crippen LogP contribution in [0, 0.1) is 0 Å². The van der Waals surface area contributed by atoms with Crippen molar-refractivity contribution in [2.75, 3.05) is 19.8 Å². The Hall–Kier alpha value is -3.68. The number of fused-ring (bicyclic) bond motifs is 1. The molecule has 2 heterocycles. The third-order valence-electron chi connectivity index (χ3n) is 5.19. The second kappa shape index (κ2) is 13.2. The summed E-state index contributed by atoms with van der Waals surface area (Å²) in [5, 5.41) is 21.6. The molecule has 0 aliphatic heterocycles. The van der Waals surface area contributed by atoms with Crippen LogP contribution in [0.3, 0.4) is 0 Å². The second-order valence-corrected chi connectivity index (χ2v) is 9.01. The maximum Gasteiger partial charge on any atom is 0.407 e. The normalized spacial score (nSPS) is 12.5. The predicted molar refractivity (Wildman–Crippen MR) is 135 cm³/mol. The summed E-state index contributed by atoms with van der Waals surface area (Å²) >= 11 is 0. The second-order valence-electron chi connectivity index (χ2n) is 9.01. The molecule has 0 aliphatic carbocycles. The lowest BCUT2D eigenvalue weighted by Gasteiger charge is -2.23. The Morgan fingerprint density at radius 3 is 2.50 bits per heavy atom. The number of hydrogen-bond donors (Lipinski definition) is 4. The van der Waals surface area contributed by atoms with Gasteiger partial charge in [0.05, 0.1) is 25.3 Å². The molecular weight excluding hydrogens is 502 g/mol. The van der Waals surface area contributed by atoms with Gasteiger partial charge in [-0.3, -0.25) is 9.20 Å². The van der Waals surface area contributed by atoms with Gasteiger partial charge in [0.1, 0.15) is 19.3 Å². The van der Waals surface area contributed by atoms with E-state index in [4.69, 9.17) is 20.3 Å². The quantitative estimate of drug-likeness (QED) is 0.275. The molecule has 1 aromatic carbocycles. The maximum absolute atomic E-state index is 13.0. The molecule has 0 aliphatic rings. The van der Waals surface area contributed by atoms with Crippen molar-refractivity contribution in [1.29, 1.82) is 0 Å². The molecular formula is C25H34F2N6O5. The summed E-state index contributed by atoms with van der Waals surface area (Å²) in [6.07, 6.45) is 0.573. The highest BCUT2D eigenvalue weighted by atomic mass is 19.3. The minimum Gasteiger partial charge on any atom is -0.445 e. The highest BCUT2D eigenvalue weighted by Crippen LogP contribution is 2.17. The summed E-state index contributed by atoms with van der Waals surface area (Å²) in [6, 6.07) is 12.1. The summed E-state index contributed by atoms with van der Waals surface area (Å²) in [4.78, 5) is 24.3. The summed E-state index contributed by atoms with van der Waals surface area (Å²) in [5.41, 5.74) is 6.71. The van der Waals surface area contributed by atoms with Gasteiger partial charge in [-0.1, -0.05) is 37.8 Å². The summed E-state index contributed by atoms with van der Waals surface area (Å²) < 4.78 is 38.5. The number of alkyl carbamates (subject to hydrolysis) is 1. The molecule has 0 radical (unpaired) electrons. The van der Waals surface area contributed by atoms with E-state index in [-0.39, 0.29) is 20.6 Å². The van der Waals surface area contributed by atoms with Gasteiger partial charge < -0.3 is 30.9 Å². The van der Waals surface area contributed by atoms with E-state index < -0.39 is 42.7 Å². The number of carbonyl (C=O) groups excluding carboxylic acids is 2. The first-order valence-electron chi connectivity index (χ1n) is 11.4. The number of carbonyl (C=O) groups is 2. The first-order chi connectivity index (χ1) is 17.5. The van der Waals surface area contributed by atoms with Crippen molar-refractivity contribution in [2.45, 2.75) is 52.0 Å². The van der Waals surface area contributed by atoms with Crippen LogP contribution in [-0.4, -0.2) is 62.9 Å². The molecule has 0 saturated heterocycles. The minimum absolute atomic E-state index is 0. The van der Waals surface area contributed by atoms with Crippen molar-refractivity contribution in [2.24, 2.45) is 5.73 Å². The smallest absolute Gasteiger partial charge is 0.407 e. The van der Waals surface area contributed by atoms with Crippen LogP contribution in [0.4, 0.5) is 13.6 Å². The largest absolute Gasteiger partial charge is 0.445 e. The van der Waals surface area contributed by atoms with Crippen molar-refractivity contribution < 1.29 is 33.0 Å². The van der Waals surface area contributed by atoms with E-state index in [2.05, 4.69) is 15.5 Å². The average molecular weight is 537 g/mol. The van der Waals surface area contributed by atoms with Gasteiger partial charge >= 0.3 is 6.09 Å². The number of nitrogens with one attached hydrogen (secondary N) is 2. The van der Waals surface area contributed by atoms with Gasteiger partial charge in [-0.25, -0.2) is 13.6 Å². The number of alkyl halides is 2. The number of benzene rings is 1. The van der Waals surface area contributed by atoms with Crippen LogP contribution in [-0.2, 0) is 27.5 Å². The fourth-order valence-corrected chi connectivity index (χ4v) is 3.13. The highest BCUT2D eigenvalue weighted by Gasteiger charge is 2.29. The lowest BCUT2D eigenvalue weighted by atomic mass is 10.1. The topological polar surface area (TPSA) is 153 Å². The number of aliphatic hydroxyl groups is 1. The van der Waals surface area contributed by atoms with E-state index in [1.807, 2.05) is 35.6 Å². The molecule has 11 nitrogen and oxygen atoms in total. The van der Waals surface area contributed by atoms with Crippen LogP contribution in [0.1, 0.15) is 44.3 Å². The Kier molecular flexibility index (Phi) is 10.6. The number of pyridine rings is 1. The molecule has 2 amide bonds. The van der Waals surface area contributed by atoms with Gasteiger partial charge in [0.2, 0.25) is 5.91 Å². The van der Waals surface area contributed by atoms with E-state index >= 15 is 0 Å². The molecule has 3 aromatic rings. The molecule has 13 heteroatoms. The van der Waals surface area contributed by atoms with Gasteiger partial charge in [0, 0.05) is 6.20 Å². The van der Waals surface area contributed by atoms with Crippen molar-refractivity contribution >= 4 is 17.6 Å². The number of nitrogens with zero attached hydrogens (tertiary/aromatic N) is 3. The van der Waals surface area contributed by atoms with Crippen LogP contribution in [0.5, 0.6) is 0 Å². The summed E-state index contributed by atoms with van der Waals surface area (Å²) in [5.74, 6) is -3.44. The highest BCUT2D eigenvalue weighted by molar-refractivity contribution is 5.85. The molecule has 1 atom stereocenters. The van der Waals surface area contributed by atoms with Crippen molar-refractivity contribution in [3.8, 4) is 0 Å². The molecule has 3 rings (SSSR count). The number of halogens is 2. The fourth-order valence-electron chi connectivity index (χ4n) is 3.13. The molecule has 0 bridgehead atoms. The molecule has 0 fully saturated rings. The predicted octanol–water partition coefficient (Wildman–Crippen LogP) is 2.33. The van der Waals surface area contributed by atoms with Gasteiger partial charge in [0.25, 0.3) is 5.92 Å². The Labute approximate surface area is 219 Å². The number of amides is 2. The van der Waals surface area contributed by atoms with E-state index in [1.54, 1.807) is 36.6 Å². The zero-order valence-corrected chi connectivity index (χ0v) is 20.5. The van der Waals surface area contributed by atoms with Crippen LogP contribution in [0.25, 0.3) is 5.65 Å². The van der Waals surface area contributed by atoms with Crippen LogP contribution < -0.4 is 16.4 Å². The average Bonchev–Trinajstić information content (AvgIpc) is 3.29. The van der Waals surface area contributed by atoms with Gasteiger partial charge in [-0.15, -0.1) is 10.2 Å². The Bertz CT molecular complexity index is 1200. The van der Waals surface area contributed by atoms with Crippen molar-refractivity contribution in [3.05, 3.63) is 65.6 Å². The standard InChI is InChI=1S/C24H30F2N6O5.CH4/c1-23(2,27)21(34)29-18(13-36-11-16-6-4-3-5-7-16)20-31-30-19-10-17(8-9-32(19)20)12-37-22(35)28-14-24(25,26)15-33;/h3-10,18,33H,11-15,27H2,1-2H3,(H,28,35)(H,29,34);1H4/t18-;/m1./s1. The van der Waals surface area contributed by atoms with E-state index in [0.717, 1.165) is 5.56 Å². The van der Waals surface area contributed by atoms with Gasteiger partial charge in [-0.2, -0.15) is 0 Å². The Balaban J connectivity index is 0.00000507. The van der Waals surface area contributed by atoms with Gasteiger partial charge in [-0.05, 0) is 37.1 Å². The minimum atomic E-state index is -3.44. The number of hydrogen-bond acceptors (Lipinski definition) is 8. The Morgan fingerprint density at radius 2 is 1.84 bits per heavy atom. The fraction of sp³-hybridized carbons (Fsp3) is 0.440. The third-order valence-corrected chi connectivity index (χ3v) is 5.19. The number of rotatable bonds is 12. The number of aromatic nitrogens is 3. The lowest BCUT2D eigenvalue weighted by molar-refractivity contribution is -0.126. The first kappa shape index (κ1) is 30.5.